The Bertz CT molecular complexity index is 483. The lowest BCUT2D eigenvalue weighted by Crippen LogP contribution is -2.30. The van der Waals surface area contributed by atoms with Crippen LogP contribution in [-0.2, 0) is 0 Å². The van der Waals surface area contributed by atoms with Gasteiger partial charge in [0.2, 0.25) is 11.7 Å². The zero-order valence-electron chi connectivity index (χ0n) is 10.9. The second-order valence-electron chi connectivity index (χ2n) is 4.33. The Labute approximate surface area is 107 Å². The van der Waals surface area contributed by atoms with Gasteiger partial charge in [0.15, 0.2) is 0 Å². The largest absolute Gasteiger partial charge is 0.339 e. The number of hydrogen-bond donors (Lipinski definition) is 1. The van der Waals surface area contributed by atoms with Gasteiger partial charge in [-0.15, -0.1) is 0 Å². The highest BCUT2D eigenvalue weighted by Crippen LogP contribution is 2.21. The number of aromatic nitrogens is 3. The minimum absolute atomic E-state index is 0.188. The van der Waals surface area contributed by atoms with Crippen molar-refractivity contribution >= 4 is 0 Å². The maximum Gasteiger partial charge on any atom is 0.231 e. The smallest absolute Gasteiger partial charge is 0.231 e. The van der Waals surface area contributed by atoms with Gasteiger partial charge in [-0.1, -0.05) is 19.0 Å². The van der Waals surface area contributed by atoms with Crippen molar-refractivity contribution < 1.29 is 4.52 Å². The number of hydrogen-bond acceptors (Lipinski definition) is 5. The molecular weight excluding hydrogens is 228 g/mol. The highest BCUT2D eigenvalue weighted by atomic mass is 16.5. The van der Waals surface area contributed by atoms with Crippen LogP contribution >= 0.6 is 0 Å². The summed E-state index contributed by atoms with van der Waals surface area (Å²) in [4.78, 5) is 8.41. The van der Waals surface area contributed by atoms with Crippen molar-refractivity contribution in [1.29, 1.82) is 0 Å². The minimum Gasteiger partial charge on any atom is -0.339 e. The maximum atomic E-state index is 5.33. The van der Waals surface area contributed by atoms with Crippen LogP contribution in [0.15, 0.2) is 29.0 Å². The average Bonchev–Trinajstić information content (AvgIpc) is 2.89. The highest BCUT2D eigenvalue weighted by Gasteiger charge is 2.20. The molecule has 18 heavy (non-hydrogen) atoms. The summed E-state index contributed by atoms with van der Waals surface area (Å²) in [6.07, 6.45) is 3.44. The molecule has 0 saturated carbocycles. The first kappa shape index (κ1) is 12.7. The van der Waals surface area contributed by atoms with E-state index in [1.54, 1.807) is 12.4 Å². The van der Waals surface area contributed by atoms with Crippen molar-refractivity contribution in [2.75, 3.05) is 6.54 Å². The second-order valence-corrected chi connectivity index (χ2v) is 4.33. The summed E-state index contributed by atoms with van der Waals surface area (Å²) in [5, 5.41) is 7.36. The lowest BCUT2D eigenvalue weighted by molar-refractivity contribution is 0.332. The molecule has 2 unspecified atom stereocenters. The van der Waals surface area contributed by atoms with Crippen molar-refractivity contribution in [1.82, 2.24) is 20.4 Å². The van der Waals surface area contributed by atoms with Gasteiger partial charge < -0.3 is 9.84 Å². The molecule has 0 saturated heterocycles. The Morgan fingerprint density at radius 3 is 2.67 bits per heavy atom. The van der Waals surface area contributed by atoms with Crippen LogP contribution < -0.4 is 5.32 Å². The van der Waals surface area contributed by atoms with E-state index in [0.717, 1.165) is 12.1 Å². The lowest BCUT2D eigenvalue weighted by Gasteiger charge is -2.16. The van der Waals surface area contributed by atoms with E-state index in [0.29, 0.717) is 17.8 Å². The molecule has 0 fully saturated rings. The van der Waals surface area contributed by atoms with E-state index in [1.807, 2.05) is 12.1 Å². The molecule has 0 aromatic carbocycles. The first-order valence-electron chi connectivity index (χ1n) is 6.19. The summed E-state index contributed by atoms with van der Waals surface area (Å²) >= 11 is 0. The molecule has 0 radical (unpaired) electrons. The summed E-state index contributed by atoms with van der Waals surface area (Å²) in [6.45, 7) is 7.21. The van der Waals surface area contributed by atoms with Crippen molar-refractivity contribution in [2.24, 2.45) is 0 Å². The molecule has 2 rings (SSSR count). The fraction of sp³-hybridized carbons (Fsp3) is 0.462. The van der Waals surface area contributed by atoms with Crippen LogP contribution in [0, 0.1) is 0 Å². The van der Waals surface area contributed by atoms with Crippen molar-refractivity contribution in [3.05, 3.63) is 30.4 Å². The topological polar surface area (TPSA) is 63.8 Å². The third-order valence-electron chi connectivity index (χ3n) is 3.05. The second kappa shape index (κ2) is 5.73. The molecule has 2 atom stereocenters. The van der Waals surface area contributed by atoms with Crippen LogP contribution in [0.5, 0.6) is 0 Å². The van der Waals surface area contributed by atoms with Crippen LogP contribution in [-0.4, -0.2) is 27.7 Å². The Morgan fingerprint density at radius 2 is 2.00 bits per heavy atom. The molecule has 0 aliphatic heterocycles. The van der Waals surface area contributed by atoms with Gasteiger partial charge in [-0.25, -0.2) is 0 Å². The molecule has 2 heterocycles. The molecule has 0 spiro atoms. The first-order chi connectivity index (χ1) is 8.72. The Kier molecular flexibility index (Phi) is 4.04. The zero-order chi connectivity index (χ0) is 13.0. The van der Waals surface area contributed by atoms with Gasteiger partial charge in [-0.3, -0.25) is 4.98 Å². The van der Waals surface area contributed by atoms with Gasteiger partial charge in [0.05, 0.1) is 5.92 Å². The van der Waals surface area contributed by atoms with E-state index in [1.165, 1.54) is 0 Å². The third-order valence-corrected chi connectivity index (χ3v) is 3.05. The molecule has 0 bridgehead atoms. The predicted octanol–water partition coefficient (Wildman–Crippen LogP) is 2.23. The van der Waals surface area contributed by atoms with Crippen LogP contribution in [0.3, 0.4) is 0 Å². The van der Waals surface area contributed by atoms with Crippen molar-refractivity contribution in [3.63, 3.8) is 0 Å². The standard InChI is InChI=1S/C13H18N4O/c1-4-15-10(3)9(2)13-16-12(17-18-13)11-5-7-14-8-6-11/h5-10,15H,4H2,1-3H3. The van der Waals surface area contributed by atoms with E-state index in [2.05, 4.69) is 41.2 Å². The summed E-state index contributed by atoms with van der Waals surface area (Å²) in [6, 6.07) is 4.04. The molecule has 2 aromatic rings. The van der Waals surface area contributed by atoms with Gasteiger partial charge in [-0.2, -0.15) is 4.98 Å². The molecule has 5 nitrogen and oxygen atoms in total. The predicted molar refractivity (Wildman–Crippen MR) is 69.1 cm³/mol. The van der Waals surface area contributed by atoms with Crippen molar-refractivity contribution in [3.8, 4) is 11.4 Å². The van der Waals surface area contributed by atoms with E-state index >= 15 is 0 Å². The lowest BCUT2D eigenvalue weighted by atomic mass is 10.0. The van der Waals surface area contributed by atoms with Crippen molar-refractivity contribution in [2.45, 2.75) is 32.7 Å². The fourth-order valence-electron chi connectivity index (χ4n) is 1.75. The molecule has 0 aliphatic carbocycles. The van der Waals surface area contributed by atoms with Gasteiger partial charge in [0.25, 0.3) is 0 Å². The number of likely N-dealkylation sites (N-methyl/N-ethyl adjacent to an activating group) is 1. The minimum atomic E-state index is 0.188. The molecule has 0 amide bonds. The van der Waals surface area contributed by atoms with Crippen LogP contribution in [0.25, 0.3) is 11.4 Å². The van der Waals surface area contributed by atoms with Gasteiger partial charge in [0, 0.05) is 24.0 Å². The van der Waals surface area contributed by atoms with E-state index < -0.39 is 0 Å². The molecule has 0 aliphatic rings. The Balaban J connectivity index is 2.15. The summed E-state index contributed by atoms with van der Waals surface area (Å²) in [7, 11) is 0. The van der Waals surface area contributed by atoms with Gasteiger partial charge in [-0.05, 0) is 25.6 Å². The number of nitrogens with zero attached hydrogens (tertiary/aromatic N) is 3. The van der Waals surface area contributed by atoms with E-state index in [4.69, 9.17) is 4.52 Å². The van der Waals surface area contributed by atoms with Gasteiger partial charge in [0.1, 0.15) is 0 Å². The molecular formula is C13H18N4O. The average molecular weight is 246 g/mol. The monoisotopic (exact) mass is 246 g/mol. The highest BCUT2D eigenvalue weighted by molar-refractivity contribution is 5.52. The first-order valence-corrected chi connectivity index (χ1v) is 6.19. The van der Waals surface area contributed by atoms with Gasteiger partial charge >= 0.3 is 0 Å². The third kappa shape index (κ3) is 2.73. The van der Waals surface area contributed by atoms with E-state index in [9.17, 15) is 0 Å². The Morgan fingerprint density at radius 1 is 1.28 bits per heavy atom. The number of rotatable bonds is 5. The molecule has 5 heteroatoms. The summed E-state index contributed by atoms with van der Waals surface area (Å²) in [5.74, 6) is 1.46. The maximum absolute atomic E-state index is 5.33. The Hall–Kier alpha value is -1.75. The molecule has 1 N–H and O–H groups in total. The summed E-state index contributed by atoms with van der Waals surface area (Å²) < 4.78 is 5.33. The molecule has 2 aromatic heterocycles. The van der Waals surface area contributed by atoms with Crippen LogP contribution in [0.2, 0.25) is 0 Å². The quantitative estimate of drug-likeness (QED) is 0.876. The normalized spacial score (nSPS) is 14.4. The molecule has 96 valence electrons. The SMILES string of the molecule is CCNC(C)C(C)c1nc(-c2ccncc2)no1. The summed E-state index contributed by atoms with van der Waals surface area (Å²) in [5.41, 5.74) is 0.920. The number of nitrogens with one attached hydrogen (secondary N) is 1. The van der Waals surface area contributed by atoms with E-state index in [-0.39, 0.29) is 5.92 Å². The van der Waals surface area contributed by atoms with Crippen LogP contribution in [0.1, 0.15) is 32.6 Å². The van der Waals surface area contributed by atoms with Crippen LogP contribution in [0.4, 0.5) is 0 Å². The number of pyridine rings is 1. The fourth-order valence-corrected chi connectivity index (χ4v) is 1.75. The zero-order valence-corrected chi connectivity index (χ0v) is 10.9.